The zero-order valence-corrected chi connectivity index (χ0v) is 11.6. The van der Waals surface area contributed by atoms with Gasteiger partial charge in [-0.05, 0) is 24.8 Å². The highest BCUT2D eigenvalue weighted by molar-refractivity contribution is 6.30. The van der Waals surface area contributed by atoms with Crippen molar-refractivity contribution in [1.82, 2.24) is 10.3 Å². The second-order valence-electron chi connectivity index (χ2n) is 4.83. The number of carbonyl (C=O) groups excluding carboxylic acids is 1. The Bertz CT molecular complexity index is 461. The summed E-state index contributed by atoms with van der Waals surface area (Å²) in [5.41, 5.74) is 0. The summed E-state index contributed by atoms with van der Waals surface area (Å²) >= 11 is 5.69. The molecule has 1 aliphatic heterocycles. The first-order valence-corrected chi connectivity index (χ1v) is 6.74. The van der Waals surface area contributed by atoms with E-state index in [0.717, 1.165) is 25.9 Å². The van der Waals surface area contributed by atoms with Crippen LogP contribution in [0.25, 0.3) is 0 Å². The summed E-state index contributed by atoms with van der Waals surface area (Å²) in [7, 11) is 0. The normalized spacial score (nSPS) is 16.5. The molecule has 1 fully saturated rings. The summed E-state index contributed by atoms with van der Waals surface area (Å²) in [5.74, 6) is 0.429. The Labute approximate surface area is 117 Å². The number of carbonyl (C=O) groups is 1. The number of hydrogen-bond acceptors (Lipinski definition) is 3. The Morgan fingerprint density at radius 1 is 1.58 bits per heavy atom. The highest BCUT2D eigenvalue weighted by Gasteiger charge is 2.22. The Kier molecular flexibility index (Phi) is 4.58. The molecule has 4 nitrogen and oxygen atoms in total. The summed E-state index contributed by atoms with van der Waals surface area (Å²) < 4.78 is 13.7. The number of pyridine rings is 1. The van der Waals surface area contributed by atoms with Crippen molar-refractivity contribution in [3.63, 3.8) is 0 Å². The molecule has 0 atom stereocenters. The van der Waals surface area contributed by atoms with Crippen LogP contribution in [0.1, 0.15) is 19.8 Å². The minimum absolute atomic E-state index is 0.00663. The van der Waals surface area contributed by atoms with E-state index in [9.17, 15) is 9.18 Å². The molecule has 1 aliphatic rings. The molecule has 1 N–H and O–H groups in total. The molecule has 0 unspecified atom stereocenters. The van der Waals surface area contributed by atoms with E-state index < -0.39 is 0 Å². The van der Waals surface area contributed by atoms with Crippen molar-refractivity contribution in [2.45, 2.75) is 19.8 Å². The summed E-state index contributed by atoms with van der Waals surface area (Å²) in [4.78, 5) is 16.8. The topological polar surface area (TPSA) is 45.2 Å². The number of anilines is 1. The van der Waals surface area contributed by atoms with Crippen LogP contribution in [0, 0.1) is 11.7 Å². The van der Waals surface area contributed by atoms with Crippen molar-refractivity contribution in [2.75, 3.05) is 24.5 Å². The second kappa shape index (κ2) is 6.19. The van der Waals surface area contributed by atoms with Gasteiger partial charge >= 0.3 is 0 Å². The fourth-order valence-electron chi connectivity index (χ4n) is 2.28. The number of rotatable bonds is 3. The minimum atomic E-state index is -0.382. The van der Waals surface area contributed by atoms with Crippen LogP contribution < -0.4 is 10.2 Å². The molecule has 0 spiro atoms. The second-order valence-corrected chi connectivity index (χ2v) is 5.26. The molecule has 0 aromatic carbocycles. The van der Waals surface area contributed by atoms with Crippen LogP contribution in [0.15, 0.2) is 12.3 Å². The SMILES string of the molecule is CC(=O)NCC1CCN(c2ncc(Cl)cc2F)CC1. The van der Waals surface area contributed by atoms with Crippen molar-refractivity contribution in [1.29, 1.82) is 0 Å². The van der Waals surface area contributed by atoms with Crippen molar-refractivity contribution < 1.29 is 9.18 Å². The Balaban J connectivity index is 1.90. The zero-order chi connectivity index (χ0) is 13.8. The summed E-state index contributed by atoms with van der Waals surface area (Å²) in [6.45, 7) is 3.70. The Morgan fingerprint density at radius 3 is 2.84 bits per heavy atom. The van der Waals surface area contributed by atoms with Crippen LogP contribution in [-0.4, -0.2) is 30.5 Å². The van der Waals surface area contributed by atoms with E-state index in [1.165, 1.54) is 19.2 Å². The summed E-state index contributed by atoms with van der Waals surface area (Å²) in [6.07, 6.45) is 3.30. The van der Waals surface area contributed by atoms with Gasteiger partial charge in [0.2, 0.25) is 5.91 Å². The van der Waals surface area contributed by atoms with Gasteiger partial charge in [-0.15, -0.1) is 0 Å². The Morgan fingerprint density at radius 2 is 2.26 bits per heavy atom. The van der Waals surface area contributed by atoms with Crippen molar-refractivity contribution in [3.8, 4) is 0 Å². The van der Waals surface area contributed by atoms with Crippen LogP contribution in [0.3, 0.4) is 0 Å². The summed E-state index contributed by atoms with van der Waals surface area (Å²) in [6, 6.07) is 1.29. The fourth-order valence-corrected chi connectivity index (χ4v) is 2.42. The van der Waals surface area contributed by atoms with Crippen LogP contribution in [-0.2, 0) is 4.79 Å². The zero-order valence-electron chi connectivity index (χ0n) is 10.8. The van der Waals surface area contributed by atoms with Crippen LogP contribution in [0.5, 0.6) is 0 Å². The van der Waals surface area contributed by atoms with Gasteiger partial charge in [0.05, 0.1) is 5.02 Å². The molecule has 1 amide bonds. The fraction of sp³-hybridized carbons (Fsp3) is 0.538. The van der Waals surface area contributed by atoms with E-state index in [-0.39, 0.29) is 11.7 Å². The van der Waals surface area contributed by atoms with Crippen LogP contribution >= 0.6 is 11.6 Å². The lowest BCUT2D eigenvalue weighted by molar-refractivity contribution is -0.119. The van der Waals surface area contributed by atoms with Crippen molar-refractivity contribution in [3.05, 3.63) is 23.1 Å². The first-order chi connectivity index (χ1) is 9.06. The maximum absolute atomic E-state index is 13.7. The van der Waals surface area contributed by atoms with Gasteiger partial charge in [0, 0.05) is 32.8 Å². The van der Waals surface area contributed by atoms with Gasteiger partial charge in [-0.2, -0.15) is 0 Å². The lowest BCUT2D eigenvalue weighted by Crippen LogP contribution is -2.38. The number of piperidine rings is 1. The number of amides is 1. The predicted octanol–water partition coefficient (Wildman–Crippen LogP) is 2.23. The average Bonchev–Trinajstić information content (AvgIpc) is 2.37. The number of hydrogen-bond donors (Lipinski definition) is 1. The quantitative estimate of drug-likeness (QED) is 0.926. The first kappa shape index (κ1) is 14.1. The third kappa shape index (κ3) is 3.80. The molecule has 2 rings (SSSR count). The Hall–Kier alpha value is -1.36. The number of halogens is 2. The number of aromatic nitrogens is 1. The van der Waals surface area contributed by atoms with Crippen molar-refractivity contribution in [2.24, 2.45) is 5.92 Å². The molecule has 0 saturated carbocycles. The largest absolute Gasteiger partial charge is 0.356 e. The molecule has 1 aromatic rings. The molecule has 6 heteroatoms. The van der Waals surface area contributed by atoms with E-state index in [1.54, 1.807) is 0 Å². The van der Waals surface area contributed by atoms with Gasteiger partial charge in [0.25, 0.3) is 0 Å². The molecule has 19 heavy (non-hydrogen) atoms. The monoisotopic (exact) mass is 285 g/mol. The van der Waals surface area contributed by atoms with E-state index in [2.05, 4.69) is 10.3 Å². The van der Waals surface area contributed by atoms with Gasteiger partial charge in [0.15, 0.2) is 11.6 Å². The summed E-state index contributed by atoms with van der Waals surface area (Å²) in [5, 5.41) is 3.13. The van der Waals surface area contributed by atoms with Gasteiger partial charge < -0.3 is 10.2 Å². The third-order valence-corrected chi connectivity index (χ3v) is 3.55. The first-order valence-electron chi connectivity index (χ1n) is 6.36. The molecule has 0 bridgehead atoms. The van der Waals surface area contributed by atoms with E-state index in [4.69, 9.17) is 11.6 Å². The number of nitrogens with one attached hydrogen (secondary N) is 1. The highest BCUT2D eigenvalue weighted by Crippen LogP contribution is 2.25. The molecule has 2 heterocycles. The minimum Gasteiger partial charge on any atom is -0.356 e. The lowest BCUT2D eigenvalue weighted by atomic mass is 9.97. The van der Waals surface area contributed by atoms with Crippen LogP contribution in [0.4, 0.5) is 10.2 Å². The van der Waals surface area contributed by atoms with Crippen molar-refractivity contribution >= 4 is 23.3 Å². The molecule has 1 aromatic heterocycles. The van der Waals surface area contributed by atoms with E-state index in [1.807, 2.05) is 4.90 Å². The smallest absolute Gasteiger partial charge is 0.216 e. The molecular formula is C13H17ClFN3O. The molecule has 0 radical (unpaired) electrons. The van der Waals surface area contributed by atoms with E-state index in [0.29, 0.717) is 23.3 Å². The molecule has 104 valence electrons. The van der Waals surface area contributed by atoms with Gasteiger partial charge in [0.1, 0.15) is 0 Å². The van der Waals surface area contributed by atoms with Gasteiger partial charge in [-0.25, -0.2) is 9.37 Å². The van der Waals surface area contributed by atoms with Crippen LogP contribution in [0.2, 0.25) is 5.02 Å². The lowest BCUT2D eigenvalue weighted by Gasteiger charge is -2.32. The van der Waals surface area contributed by atoms with E-state index >= 15 is 0 Å². The highest BCUT2D eigenvalue weighted by atomic mass is 35.5. The molecule has 0 aliphatic carbocycles. The standard InChI is InChI=1S/C13H17ClFN3O/c1-9(19)16-7-10-2-4-18(5-3-10)13-12(15)6-11(14)8-17-13/h6,8,10H,2-5,7H2,1H3,(H,16,19). The average molecular weight is 286 g/mol. The van der Waals surface area contributed by atoms with Gasteiger partial charge in [-0.1, -0.05) is 11.6 Å². The molecule has 1 saturated heterocycles. The predicted molar refractivity (Wildman–Crippen MR) is 72.8 cm³/mol. The number of nitrogens with zero attached hydrogens (tertiary/aromatic N) is 2. The third-order valence-electron chi connectivity index (χ3n) is 3.34. The van der Waals surface area contributed by atoms with Gasteiger partial charge in [-0.3, -0.25) is 4.79 Å². The molecular weight excluding hydrogens is 269 g/mol. The maximum Gasteiger partial charge on any atom is 0.216 e. The maximum atomic E-state index is 13.7.